The summed E-state index contributed by atoms with van der Waals surface area (Å²) in [6.07, 6.45) is 9.43. The smallest absolute Gasteiger partial charge is 0.181 e. The van der Waals surface area contributed by atoms with E-state index in [1.807, 2.05) is 6.08 Å². The van der Waals surface area contributed by atoms with Crippen molar-refractivity contribution in [2.45, 2.75) is 64.9 Å². The molecule has 4 rings (SSSR count). The van der Waals surface area contributed by atoms with Crippen molar-refractivity contribution in [1.29, 1.82) is 0 Å². The van der Waals surface area contributed by atoms with Crippen LogP contribution in [0.4, 0.5) is 0 Å². The van der Waals surface area contributed by atoms with Crippen LogP contribution in [-0.4, -0.2) is 17.0 Å². The molecule has 0 radical (unpaired) electrons. The SMILES string of the molecule is C=C1C[C@]2(C)C(=CC1=O)CC[C@H]1[C@H]2CC[C@]2(C)[C@@H](O)CC[C@@H]12. The third-order valence-electron chi connectivity index (χ3n) is 7.92. The molecule has 0 heterocycles. The molecule has 2 nitrogen and oxygen atoms in total. The fourth-order valence-corrected chi connectivity index (χ4v) is 6.57. The van der Waals surface area contributed by atoms with Crippen LogP contribution < -0.4 is 0 Å². The summed E-state index contributed by atoms with van der Waals surface area (Å²) in [6, 6.07) is 0. The standard InChI is InChI=1S/C20H28O2/c1-12-11-20(3)13(10-17(12)21)4-5-14-15-6-7-18(22)19(15,2)9-8-16(14)20/h10,14-16,18,22H,1,4-9,11H2,2-3H3/t14-,15+,16-,18+,19+,20-/m1/s1. The van der Waals surface area contributed by atoms with Crippen LogP contribution in [-0.2, 0) is 4.79 Å². The summed E-state index contributed by atoms with van der Waals surface area (Å²) < 4.78 is 0. The lowest BCUT2D eigenvalue weighted by atomic mass is 9.47. The van der Waals surface area contributed by atoms with Crippen molar-refractivity contribution in [3.05, 3.63) is 23.8 Å². The van der Waals surface area contributed by atoms with Gasteiger partial charge >= 0.3 is 0 Å². The van der Waals surface area contributed by atoms with Crippen molar-refractivity contribution in [2.24, 2.45) is 28.6 Å². The number of hydrogen-bond acceptors (Lipinski definition) is 2. The molecule has 0 bridgehead atoms. The monoisotopic (exact) mass is 300 g/mol. The summed E-state index contributed by atoms with van der Waals surface area (Å²) in [7, 11) is 0. The predicted octanol–water partition coefficient (Wildman–Crippen LogP) is 4.05. The topological polar surface area (TPSA) is 37.3 Å². The minimum Gasteiger partial charge on any atom is -0.393 e. The first-order chi connectivity index (χ1) is 10.4. The summed E-state index contributed by atoms with van der Waals surface area (Å²) in [4.78, 5) is 12.0. The summed E-state index contributed by atoms with van der Waals surface area (Å²) in [5.74, 6) is 2.22. The van der Waals surface area contributed by atoms with Crippen LogP contribution in [0.5, 0.6) is 0 Å². The van der Waals surface area contributed by atoms with Crippen molar-refractivity contribution in [3.8, 4) is 0 Å². The average Bonchev–Trinajstić information content (AvgIpc) is 2.77. The van der Waals surface area contributed by atoms with Crippen molar-refractivity contribution < 1.29 is 9.90 Å². The number of carbonyl (C=O) groups excluding carboxylic acids is 1. The van der Waals surface area contributed by atoms with Crippen molar-refractivity contribution in [1.82, 2.24) is 0 Å². The minimum absolute atomic E-state index is 0.105. The maximum Gasteiger partial charge on any atom is 0.181 e. The van der Waals surface area contributed by atoms with Gasteiger partial charge in [-0.15, -0.1) is 0 Å². The number of carbonyl (C=O) groups is 1. The zero-order valence-electron chi connectivity index (χ0n) is 13.9. The Morgan fingerprint density at radius 3 is 2.73 bits per heavy atom. The zero-order valence-corrected chi connectivity index (χ0v) is 13.9. The molecule has 120 valence electrons. The molecule has 0 aliphatic heterocycles. The Morgan fingerprint density at radius 1 is 1.18 bits per heavy atom. The Morgan fingerprint density at radius 2 is 1.95 bits per heavy atom. The molecule has 2 heteroatoms. The summed E-state index contributed by atoms with van der Waals surface area (Å²) in [5.41, 5.74) is 2.46. The van der Waals surface area contributed by atoms with Gasteiger partial charge in [0.15, 0.2) is 5.78 Å². The molecule has 1 N–H and O–H groups in total. The highest BCUT2D eigenvalue weighted by Gasteiger charge is 2.58. The molecule has 0 saturated heterocycles. The molecule has 0 aromatic carbocycles. The highest BCUT2D eigenvalue weighted by molar-refractivity contribution is 6.05. The van der Waals surface area contributed by atoms with Gasteiger partial charge < -0.3 is 5.11 Å². The lowest BCUT2D eigenvalue weighted by Crippen LogP contribution is -2.51. The molecule has 3 fully saturated rings. The number of aliphatic hydroxyl groups excluding tert-OH is 1. The van der Waals surface area contributed by atoms with Gasteiger partial charge in [0, 0.05) is 0 Å². The number of aliphatic hydroxyl groups is 1. The van der Waals surface area contributed by atoms with E-state index >= 15 is 0 Å². The predicted molar refractivity (Wildman–Crippen MR) is 87.2 cm³/mol. The lowest BCUT2D eigenvalue weighted by Gasteiger charge is -2.57. The molecular weight excluding hydrogens is 272 g/mol. The minimum atomic E-state index is -0.105. The second kappa shape index (κ2) is 4.56. The molecule has 0 aromatic heterocycles. The fourth-order valence-electron chi connectivity index (χ4n) is 6.57. The second-order valence-electron chi connectivity index (χ2n) is 8.78. The largest absolute Gasteiger partial charge is 0.393 e. The number of fused-ring (bicyclic) bond motifs is 5. The Labute approximate surface area is 133 Å². The van der Waals surface area contributed by atoms with E-state index in [-0.39, 0.29) is 22.7 Å². The molecular formula is C20H28O2. The van der Waals surface area contributed by atoms with Gasteiger partial charge in [-0.3, -0.25) is 4.79 Å². The van der Waals surface area contributed by atoms with Gasteiger partial charge in [-0.1, -0.05) is 26.0 Å². The first kappa shape index (κ1) is 14.7. The summed E-state index contributed by atoms with van der Waals surface area (Å²) >= 11 is 0. The molecule has 4 aliphatic rings. The van der Waals surface area contributed by atoms with Gasteiger partial charge in [0.25, 0.3) is 0 Å². The number of rotatable bonds is 0. The van der Waals surface area contributed by atoms with Crippen LogP contribution in [0.15, 0.2) is 23.8 Å². The van der Waals surface area contributed by atoms with E-state index < -0.39 is 0 Å². The summed E-state index contributed by atoms with van der Waals surface area (Å²) in [6.45, 7) is 8.73. The Hall–Kier alpha value is -0.890. The maximum atomic E-state index is 12.0. The van der Waals surface area contributed by atoms with E-state index in [9.17, 15) is 9.90 Å². The maximum absolute atomic E-state index is 12.0. The van der Waals surface area contributed by atoms with Crippen molar-refractivity contribution in [2.75, 3.05) is 0 Å². The fraction of sp³-hybridized carbons (Fsp3) is 0.750. The van der Waals surface area contributed by atoms with Crippen LogP contribution in [0.25, 0.3) is 0 Å². The van der Waals surface area contributed by atoms with E-state index in [1.165, 1.54) is 24.8 Å². The van der Waals surface area contributed by atoms with Gasteiger partial charge in [0.05, 0.1) is 6.10 Å². The molecule has 0 aromatic rings. The van der Waals surface area contributed by atoms with Crippen molar-refractivity contribution in [3.63, 3.8) is 0 Å². The molecule has 6 atom stereocenters. The Kier molecular flexibility index (Phi) is 3.05. The average molecular weight is 300 g/mol. The molecule has 22 heavy (non-hydrogen) atoms. The zero-order chi connectivity index (χ0) is 15.7. The number of allylic oxidation sites excluding steroid dienone is 2. The molecule has 0 unspecified atom stereocenters. The molecule has 3 saturated carbocycles. The van der Waals surface area contributed by atoms with Gasteiger partial charge in [0.1, 0.15) is 0 Å². The Balaban J connectivity index is 1.71. The molecule has 0 spiro atoms. The van der Waals surface area contributed by atoms with Gasteiger partial charge in [-0.25, -0.2) is 0 Å². The van der Waals surface area contributed by atoms with E-state index in [1.54, 1.807) is 0 Å². The van der Waals surface area contributed by atoms with E-state index in [0.717, 1.165) is 37.2 Å². The highest BCUT2D eigenvalue weighted by Crippen LogP contribution is 2.65. The van der Waals surface area contributed by atoms with Crippen LogP contribution >= 0.6 is 0 Å². The van der Waals surface area contributed by atoms with Crippen LogP contribution in [0.3, 0.4) is 0 Å². The quantitative estimate of drug-likeness (QED) is 0.685. The van der Waals surface area contributed by atoms with Crippen LogP contribution in [0.1, 0.15) is 58.8 Å². The highest BCUT2D eigenvalue weighted by atomic mass is 16.3. The third-order valence-corrected chi connectivity index (χ3v) is 7.92. The van der Waals surface area contributed by atoms with Gasteiger partial charge in [-0.2, -0.15) is 0 Å². The summed E-state index contributed by atoms with van der Waals surface area (Å²) in [5, 5.41) is 10.5. The van der Waals surface area contributed by atoms with Crippen LogP contribution in [0, 0.1) is 28.6 Å². The lowest BCUT2D eigenvalue weighted by molar-refractivity contribution is -0.113. The molecule has 4 aliphatic carbocycles. The van der Waals surface area contributed by atoms with Gasteiger partial charge in [-0.05, 0) is 85.2 Å². The van der Waals surface area contributed by atoms with E-state index in [4.69, 9.17) is 0 Å². The van der Waals surface area contributed by atoms with Gasteiger partial charge in [0.2, 0.25) is 0 Å². The third kappa shape index (κ3) is 1.73. The normalized spacial score (nSPS) is 51.0. The van der Waals surface area contributed by atoms with Crippen molar-refractivity contribution >= 4 is 5.78 Å². The molecule has 0 amide bonds. The number of ketones is 1. The second-order valence-corrected chi connectivity index (χ2v) is 8.78. The number of hydrogen-bond donors (Lipinski definition) is 1. The first-order valence-corrected chi connectivity index (χ1v) is 8.97. The first-order valence-electron chi connectivity index (χ1n) is 8.97. The van der Waals surface area contributed by atoms with E-state index in [0.29, 0.717) is 11.8 Å². The van der Waals surface area contributed by atoms with Crippen LogP contribution in [0.2, 0.25) is 0 Å². The van der Waals surface area contributed by atoms with E-state index in [2.05, 4.69) is 20.4 Å². The Bertz CT molecular complexity index is 574.